The molecule has 0 bridgehead atoms. The SMILES string of the molecule is CC[N+]1(CC(=O)O)CCCC1CNC(=O)NO[C@@H]1CCCN(c2nc3cc(C(=O)Nc4nc(C(C)(C)C)cs4)ccn3c(=O)c2C=Cc2nnnn2Cc2ccc(OC)cc2)C1. The molecule has 2 unspecified atom stereocenters. The molecule has 0 spiro atoms. The van der Waals surface area contributed by atoms with Crippen molar-refractivity contribution < 1.29 is 33.5 Å². The summed E-state index contributed by atoms with van der Waals surface area (Å²) in [6.07, 6.45) is 7.38. The van der Waals surface area contributed by atoms with Gasteiger partial charge in [-0.1, -0.05) is 32.9 Å². The van der Waals surface area contributed by atoms with Crippen LogP contribution in [0.3, 0.4) is 0 Å². The lowest BCUT2D eigenvalue weighted by Crippen LogP contribution is -2.58. The van der Waals surface area contributed by atoms with E-state index in [-0.39, 0.29) is 41.3 Å². The Morgan fingerprint density at radius 1 is 1.08 bits per heavy atom. The van der Waals surface area contributed by atoms with Gasteiger partial charge < -0.3 is 24.5 Å². The number of methoxy groups -OCH3 is 1. The maximum Gasteiger partial charge on any atom is 0.359 e. The third-order valence-electron chi connectivity index (χ3n) is 11.5. The zero-order valence-corrected chi connectivity index (χ0v) is 36.4. The Morgan fingerprint density at radius 3 is 2.61 bits per heavy atom. The number of nitrogens with zero attached hydrogens (tertiary/aromatic N) is 9. The number of hydroxylamine groups is 1. The molecular formula is C42H53N12O7S+. The van der Waals surface area contributed by atoms with E-state index in [1.807, 2.05) is 41.5 Å². The number of carbonyl (C=O) groups excluding carboxylic acids is 2. The van der Waals surface area contributed by atoms with E-state index in [4.69, 9.17) is 14.6 Å². The summed E-state index contributed by atoms with van der Waals surface area (Å²) in [7, 11) is 1.60. The number of thiazole rings is 1. The Kier molecular flexibility index (Phi) is 13.3. The van der Waals surface area contributed by atoms with Crippen LogP contribution in [0.25, 0.3) is 17.8 Å². The van der Waals surface area contributed by atoms with E-state index < -0.39 is 24.0 Å². The Hall–Kier alpha value is -6.25. The number of nitrogens with one attached hydrogen (secondary N) is 3. The van der Waals surface area contributed by atoms with E-state index in [0.29, 0.717) is 65.8 Å². The van der Waals surface area contributed by atoms with Crippen LogP contribution in [-0.4, -0.2) is 121 Å². The highest BCUT2D eigenvalue weighted by Crippen LogP contribution is 2.29. The lowest BCUT2D eigenvalue weighted by Gasteiger charge is -2.38. The second-order valence-corrected chi connectivity index (χ2v) is 17.5. The van der Waals surface area contributed by atoms with Crippen LogP contribution in [0.2, 0.25) is 0 Å². The average molecular weight is 870 g/mol. The minimum absolute atomic E-state index is 0.0102. The first-order valence-corrected chi connectivity index (χ1v) is 21.6. The minimum Gasteiger partial charge on any atom is -0.497 e. The van der Waals surface area contributed by atoms with E-state index in [9.17, 15) is 24.3 Å². The number of carbonyl (C=O) groups is 3. The van der Waals surface area contributed by atoms with Gasteiger partial charge in [0.15, 0.2) is 17.5 Å². The van der Waals surface area contributed by atoms with Gasteiger partial charge in [0.25, 0.3) is 11.5 Å². The van der Waals surface area contributed by atoms with Gasteiger partial charge in [-0.25, -0.2) is 29.7 Å². The lowest BCUT2D eigenvalue weighted by atomic mass is 9.93. The smallest absolute Gasteiger partial charge is 0.359 e. The average Bonchev–Trinajstić information content (AvgIpc) is 4.02. The summed E-state index contributed by atoms with van der Waals surface area (Å²) in [5.41, 5.74) is 4.59. The van der Waals surface area contributed by atoms with Crippen LogP contribution in [0.4, 0.5) is 15.7 Å². The second-order valence-electron chi connectivity index (χ2n) is 16.7. The van der Waals surface area contributed by atoms with Crippen molar-refractivity contribution in [1.29, 1.82) is 0 Å². The number of ether oxygens (including phenoxy) is 1. The molecule has 1 aromatic carbocycles. The molecule has 6 heterocycles. The number of piperidine rings is 1. The van der Waals surface area contributed by atoms with Crippen molar-refractivity contribution in [2.45, 2.75) is 77.5 Å². The predicted molar refractivity (Wildman–Crippen MR) is 233 cm³/mol. The summed E-state index contributed by atoms with van der Waals surface area (Å²) in [5.74, 6) is 0.248. The zero-order chi connectivity index (χ0) is 44.0. The number of urea groups is 1. The number of rotatable bonds is 15. The van der Waals surface area contributed by atoms with Gasteiger partial charge in [0, 0.05) is 48.5 Å². The number of pyridine rings is 1. The largest absolute Gasteiger partial charge is 0.497 e. The third kappa shape index (κ3) is 10.1. The van der Waals surface area contributed by atoms with Crippen LogP contribution in [0, 0.1) is 0 Å². The number of carboxylic acids is 1. The molecule has 2 saturated heterocycles. The standard InChI is InChI=1S/C42H52N12O7S/c1-6-54(25-36(55)56)20-8-9-29(54)22-43-40(59)48-61-31-10-7-18-51(24-31)37-32(15-16-34-47-49-50-53(34)23-27-11-13-30(60-5)14-12-27)39(58)52-19-17-28(21-35(52)45-37)38(57)46-41-44-33(26-62-41)42(2,3)4/h11-17,19,21,26,29,31H,6-10,18,20,22-25H2,1-5H3,(H3-,43,44,46,48,55,56,57,59)/p+1/t29?,31-,54?/m1/s1. The molecule has 0 aliphatic carbocycles. The molecule has 0 radical (unpaired) electrons. The molecule has 328 valence electrons. The topological polar surface area (TPSA) is 220 Å². The number of carboxylic acid groups (broad SMARTS) is 1. The van der Waals surface area contributed by atoms with E-state index >= 15 is 0 Å². The number of likely N-dealkylation sites (N-methyl/N-ethyl adjacent to an activating group) is 1. The van der Waals surface area contributed by atoms with Crippen LogP contribution in [0.5, 0.6) is 5.75 Å². The number of quaternary nitrogens is 1. The normalized spacial score (nSPS) is 19.2. The maximum atomic E-state index is 14.4. The third-order valence-corrected chi connectivity index (χ3v) is 12.3. The molecule has 3 amide bonds. The number of anilines is 2. The molecule has 19 nitrogen and oxygen atoms in total. The van der Waals surface area contributed by atoms with Crippen molar-refractivity contribution in [3.8, 4) is 5.75 Å². The van der Waals surface area contributed by atoms with Crippen molar-refractivity contribution in [3.63, 3.8) is 0 Å². The van der Waals surface area contributed by atoms with Crippen LogP contribution < -0.4 is 31.3 Å². The fraction of sp³-hybridized carbons (Fsp3) is 0.452. The number of aromatic nitrogens is 7. The van der Waals surface area contributed by atoms with Gasteiger partial charge in [-0.05, 0) is 72.2 Å². The number of tetrazole rings is 1. The molecule has 20 heteroatoms. The Morgan fingerprint density at radius 2 is 1.89 bits per heavy atom. The van der Waals surface area contributed by atoms with Crippen LogP contribution in [0.15, 0.2) is 52.8 Å². The Bertz CT molecular complexity index is 2500. The molecule has 2 fully saturated rings. The highest BCUT2D eigenvalue weighted by atomic mass is 32.1. The van der Waals surface area contributed by atoms with E-state index in [0.717, 1.165) is 36.4 Å². The first-order chi connectivity index (χ1) is 29.7. The molecule has 2 aliphatic rings. The molecule has 4 aromatic heterocycles. The number of hydrogen-bond acceptors (Lipinski definition) is 13. The van der Waals surface area contributed by atoms with Gasteiger partial charge in [0.05, 0.1) is 44.5 Å². The van der Waals surface area contributed by atoms with Crippen LogP contribution >= 0.6 is 11.3 Å². The molecular weight excluding hydrogens is 817 g/mol. The lowest BCUT2D eigenvalue weighted by molar-refractivity contribution is -0.929. The predicted octanol–water partition coefficient (Wildman–Crippen LogP) is 4.20. The Balaban J connectivity index is 1.12. The highest BCUT2D eigenvalue weighted by Gasteiger charge is 2.42. The fourth-order valence-corrected chi connectivity index (χ4v) is 8.96. The number of aliphatic carboxylic acids is 1. The fourth-order valence-electron chi connectivity index (χ4n) is 8.03. The van der Waals surface area contributed by atoms with E-state index in [1.165, 1.54) is 21.9 Å². The van der Waals surface area contributed by atoms with Gasteiger partial charge in [-0.2, -0.15) is 0 Å². The zero-order valence-electron chi connectivity index (χ0n) is 35.5. The molecule has 62 heavy (non-hydrogen) atoms. The molecule has 5 aromatic rings. The van der Waals surface area contributed by atoms with Gasteiger partial charge >= 0.3 is 12.0 Å². The number of likely N-dealkylation sites (tertiary alicyclic amines) is 1. The number of benzene rings is 1. The summed E-state index contributed by atoms with van der Waals surface area (Å²) in [6.45, 7) is 11.1. The second kappa shape index (κ2) is 18.8. The number of amides is 3. The summed E-state index contributed by atoms with van der Waals surface area (Å²) in [6, 6.07) is 10.1. The highest BCUT2D eigenvalue weighted by molar-refractivity contribution is 7.14. The maximum absolute atomic E-state index is 14.4. The van der Waals surface area contributed by atoms with Crippen molar-refractivity contribution in [2.24, 2.45) is 0 Å². The van der Waals surface area contributed by atoms with Gasteiger partial charge in [0.1, 0.15) is 29.4 Å². The number of fused-ring (bicyclic) bond motifs is 1. The van der Waals surface area contributed by atoms with Crippen LogP contribution in [0.1, 0.15) is 86.4 Å². The first-order valence-electron chi connectivity index (χ1n) is 20.7. The van der Waals surface area contributed by atoms with E-state index in [1.54, 1.807) is 36.1 Å². The Labute approximate surface area is 362 Å². The van der Waals surface area contributed by atoms with Gasteiger partial charge in [0.2, 0.25) is 0 Å². The van der Waals surface area contributed by atoms with Crippen molar-refractivity contribution in [2.75, 3.05) is 56.6 Å². The molecule has 4 N–H and O–H groups in total. The van der Waals surface area contributed by atoms with Crippen molar-refractivity contribution in [1.82, 2.24) is 45.4 Å². The van der Waals surface area contributed by atoms with Crippen molar-refractivity contribution in [3.05, 3.63) is 86.5 Å². The van der Waals surface area contributed by atoms with E-state index in [2.05, 4.69) is 57.4 Å². The van der Waals surface area contributed by atoms with Gasteiger partial charge in [-0.15, -0.1) is 16.4 Å². The molecule has 7 rings (SSSR count). The summed E-state index contributed by atoms with van der Waals surface area (Å²) < 4.78 is 8.71. The summed E-state index contributed by atoms with van der Waals surface area (Å²) >= 11 is 1.34. The minimum atomic E-state index is -0.854. The quantitative estimate of drug-likeness (QED) is 0.0858. The monoisotopic (exact) mass is 869 g/mol. The van der Waals surface area contributed by atoms with Crippen LogP contribution in [-0.2, 0) is 21.6 Å². The summed E-state index contributed by atoms with van der Waals surface area (Å²) in [4.78, 5) is 69.9. The molecule has 0 saturated carbocycles. The van der Waals surface area contributed by atoms with Gasteiger partial charge in [-0.3, -0.25) is 24.1 Å². The molecule has 3 atom stereocenters. The molecule has 2 aliphatic heterocycles. The summed E-state index contributed by atoms with van der Waals surface area (Å²) in [5, 5.41) is 29.9. The van der Waals surface area contributed by atoms with Crippen molar-refractivity contribution >= 4 is 58.0 Å². The first kappa shape index (κ1) is 43.8. The number of hydrogen-bond donors (Lipinski definition) is 4.